The molecule has 0 spiro atoms. The van der Waals surface area contributed by atoms with Crippen LogP contribution in [0, 0.1) is 5.82 Å². The molecule has 0 amide bonds. The number of hydrogen-bond donors (Lipinski definition) is 2. The van der Waals surface area contributed by atoms with E-state index < -0.39 is 11.9 Å². The molecule has 5 rings (SSSR count). The summed E-state index contributed by atoms with van der Waals surface area (Å²) in [5.74, 6) is 0.327. The highest BCUT2D eigenvalue weighted by Crippen LogP contribution is 2.45. The highest BCUT2D eigenvalue weighted by Gasteiger charge is 2.37. The Labute approximate surface area is 191 Å². The van der Waals surface area contributed by atoms with E-state index in [1.165, 1.54) is 6.07 Å². The summed E-state index contributed by atoms with van der Waals surface area (Å²) >= 11 is 6.43. The Hall–Kier alpha value is -3.31. The number of allylic oxidation sites excluding steroid dienone is 1. The van der Waals surface area contributed by atoms with E-state index >= 15 is 0 Å². The number of ketones is 1. The number of methoxy groups -OCH3 is 1. The number of fused-ring (bicyclic) bond motifs is 1. The lowest BCUT2D eigenvalue weighted by Crippen LogP contribution is -2.27. The molecular weight excluding hydrogens is 427 g/mol. The molecule has 0 radical (unpaired) electrons. The monoisotopic (exact) mass is 448 g/mol. The zero-order valence-corrected chi connectivity index (χ0v) is 18.2. The van der Waals surface area contributed by atoms with Gasteiger partial charge in [0.2, 0.25) is 0 Å². The van der Waals surface area contributed by atoms with Crippen LogP contribution in [0.25, 0.3) is 0 Å². The molecule has 1 heterocycles. The first-order valence-corrected chi connectivity index (χ1v) is 10.9. The van der Waals surface area contributed by atoms with Crippen LogP contribution in [0.4, 0.5) is 15.8 Å². The Bertz CT molecular complexity index is 1200. The van der Waals surface area contributed by atoms with Gasteiger partial charge in [0.15, 0.2) is 5.78 Å². The average molecular weight is 449 g/mol. The first-order chi connectivity index (χ1) is 15.5. The van der Waals surface area contributed by atoms with Crippen LogP contribution in [-0.4, -0.2) is 12.9 Å². The van der Waals surface area contributed by atoms with Gasteiger partial charge in [-0.15, -0.1) is 0 Å². The van der Waals surface area contributed by atoms with Gasteiger partial charge in [0, 0.05) is 28.3 Å². The lowest BCUT2D eigenvalue weighted by atomic mass is 9.78. The number of benzene rings is 3. The standard InChI is InChI=1S/C26H22ClFN2O2/c1-32-17-11-9-15(10-12-17)16-13-22-25(23(31)14-16)26(24-18(27)5-4-6-19(24)28)30-21-8-3-2-7-20(21)29-22/h2-12,16,26,29-30H,13-14H2,1H3. The Balaban J connectivity index is 1.62. The van der Waals surface area contributed by atoms with Crippen LogP contribution in [0.5, 0.6) is 5.75 Å². The van der Waals surface area contributed by atoms with E-state index in [4.69, 9.17) is 16.3 Å². The molecule has 1 aliphatic heterocycles. The molecule has 162 valence electrons. The minimum absolute atomic E-state index is 0.0154. The molecule has 0 saturated carbocycles. The number of carbonyl (C=O) groups excluding carboxylic acids is 1. The number of Topliss-reactive ketones (excluding diaryl/α,β-unsaturated/α-hetero) is 1. The smallest absolute Gasteiger partial charge is 0.163 e. The van der Waals surface area contributed by atoms with Crippen LogP contribution in [-0.2, 0) is 4.79 Å². The first kappa shape index (κ1) is 20.6. The number of anilines is 2. The van der Waals surface area contributed by atoms with Crippen molar-refractivity contribution in [2.24, 2.45) is 0 Å². The van der Waals surface area contributed by atoms with Crippen molar-refractivity contribution >= 4 is 28.8 Å². The fourth-order valence-corrected chi connectivity index (χ4v) is 4.88. The minimum Gasteiger partial charge on any atom is -0.497 e. The van der Waals surface area contributed by atoms with Crippen molar-refractivity contribution in [1.29, 1.82) is 0 Å². The third kappa shape index (κ3) is 3.63. The van der Waals surface area contributed by atoms with Crippen molar-refractivity contribution in [3.8, 4) is 5.75 Å². The summed E-state index contributed by atoms with van der Waals surface area (Å²) in [6.45, 7) is 0. The van der Waals surface area contributed by atoms with Gasteiger partial charge in [-0.3, -0.25) is 4.79 Å². The molecule has 2 aliphatic rings. The van der Waals surface area contributed by atoms with Crippen LogP contribution < -0.4 is 15.4 Å². The van der Waals surface area contributed by atoms with E-state index in [1.54, 1.807) is 19.2 Å². The topological polar surface area (TPSA) is 50.4 Å². The molecule has 3 aromatic rings. The summed E-state index contributed by atoms with van der Waals surface area (Å²) in [5.41, 5.74) is 4.33. The molecule has 1 aliphatic carbocycles. The van der Waals surface area contributed by atoms with Gasteiger partial charge in [-0.2, -0.15) is 0 Å². The first-order valence-electron chi connectivity index (χ1n) is 10.5. The summed E-state index contributed by atoms with van der Waals surface area (Å²) in [5, 5.41) is 7.12. The molecular formula is C26H22ClFN2O2. The van der Waals surface area contributed by atoms with Crippen LogP contribution in [0.2, 0.25) is 5.02 Å². The van der Waals surface area contributed by atoms with Gasteiger partial charge in [-0.25, -0.2) is 4.39 Å². The second-order valence-corrected chi connectivity index (χ2v) is 8.48. The van der Waals surface area contributed by atoms with Crippen molar-refractivity contribution in [2.45, 2.75) is 24.8 Å². The second-order valence-electron chi connectivity index (χ2n) is 8.08. The number of rotatable bonds is 3. The van der Waals surface area contributed by atoms with E-state index in [1.807, 2.05) is 48.5 Å². The minimum atomic E-state index is -0.681. The number of ether oxygens (including phenoxy) is 1. The molecule has 4 nitrogen and oxygen atoms in total. The van der Waals surface area contributed by atoms with Crippen molar-refractivity contribution < 1.29 is 13.9 Å². The number of nitrogens with one attached hydrogen (secondary N) is 2. The maximum Gasteiger partial charge on any atom is 0.163 e. The van der Waals surface area contributed by atoms with Gasteiger partial charge in [0.25, 0.3) is 0 Å². The molecule has 0 aromatic heterocycles. The Morgan fingerprint density at radius 1 is 0.969 bits per heavy atom. The van der Waals surface area contributed by atoms with E-state index in [0.29, 0.717) is 23.4 Å². The van der Waals surface area contributed by atoms with Crippen LogP contribution >= 0.6 is 11.6 Å². The molecule has 32 heavy (non-hydrogen) atoms. The predicted octanol–water partition coefficient (Wildman–Crippen LogP) is 6.47. The quantitative estimate of drug-likeness (QED) is 0.482. The van der Waals surface area contributed by atoms with Crippen LogP contribution in [0.15, 0.2) is 78.0 Å². The van der Waals surface area contributed by atoms with Crippen LogP contribution in [0.3, 0.4) is 0 Å². The molecule has 6 heteroatoms. The number of halogens is 2. The van der Waals surface area contributed by atoms with Crippen LogP contribution in [0.1, 0.15) is 35.9 Å². The molecule has 0 saturated heterocycles. The van der Waals surface area contributed by atoms with Gasteiger partial charge in [0.1, 0.15) is 11.6 Å². The highest BCUT2D eigenvalue weighted by atomic mass is 35.5. The molecule has 2 unspecified atom stereocenters. The molecule has 0 fully saturated rings. The number of hydrogen-bond acceptors (Lipinski definition) is 4. The molecule has 0 bridgehead atoms. The normalized spacial score (nSPS) is 19.9. The van der Waals surface area contributed by atoms with E-state index in [-0.39, 0.29) is 17.3 Å². The van der Waals surface area contributed by atoms with E-state index in [2.05, 4.69) is 10.6 Å². The van der Waals surface area contributed by atoms with E-state index in [0.717, 1.165) is 28.4 Å². The lowest BCUT2D eigenvalue weighted by molar-refractivity contribution is -0.116. The van der Waals surface area contributed by atoms with Crippen molar-refractivity contribution in [3.63, 3.8) is 0 Å². The SMILES string of the molecule is COc1ccc(C2CC(=O)C3=C(C2)Nc2ccccc2NC3c2c(F)cccc2Cl)cc1. The summed E-state index contributed by atoms with van der Waals surface area (Å²) in [7, 11) is 1.63. The van der Waals surface area contributed by atoms with Gasteiger partial charge in [-0.1, -0.05) is 41.9 Å². The Kier molecular flexibility index (Phi) is 5.35. The van der Waals surface area contributed by atoms with Crippen molar-refractivity contribution in [1.82, 2.24) is 0 Å². The summed E-state index contributed by atoms with van der Waals surface area (Å²) in [6.07, 6.45) is 0.972. The maximum atomic E-state index is 15.0. The number of para-hydroxylation sites is 2. The Morgan fingerprint density at radius 3 is 2.44 bits per heavy atom. The second kappa shape index (κ2) is 8.32. The summed E-state index contributed by atoms with van der Waals surface area (Å²) < 4.78 is 20.2. The Morgan fingerprint density at radius 2 is 1.72 bits per heavy atom. The third-order valence-electron chi connectivity index (χ3n) is 6.18. The highest BCUT2D eigenvalue weighted by molar-refractivity contribution is 6.31. The predicted molar refractivity (Wildman–Crippen MR) is 125 cm³/mol. The molecule has 3 aromatic carbocycles. The largest absolute Gasteiger partial charge is 0.497 e. The van der Waals surface area contributed by atoms with Gasteiger partial charge >= 0.3 is 0 Å². The van der Waals surface area contributed by atoms with Crippen molar-refractivity contribution in [3.05, 3.63) is 100.0 Å². The fourth-order valence-electron chi connectivity index (χ4n) is 4.61. The van der Waals surface area contributed by atoms with E-state index in [9.17, 15) is 9.18 Å². The fraction of sp³-hybridized carbons (Fsp3) is 0.192. The molecule has 2 atom stereocenters. The third-order valence-corrected chi connectivity index (χ3v) is 6.51. The average Bonchev–Trinajstić information content (AvgIpc) is 2.96. The zero-order valence-electron chi connectivity index (χ0n) is 17.5. The molecule has 2 N–H and O–H groups in total. The summed E-state index contributed by atoms with van der Waals surface area (Å²) in [6, 6.07) is 19.4. The van der Waals surface area contributed by atoms with Gasteiger partial charge in [0.05, 0.1) is 24.5 Å². The lowest BCUT2D eigenvalue weighted by Gasteiger charge is -2.30. The van der Waals surface area contributed by atoms with Gasteiger partial charge in [-0.05, 0) is 54.3 Å². The van der Waals surface area contributed by atoms with Crippen molar-refractivity contribution in [2.75, 3.05) is 17.7 Å². The zero-order chi connectivity index (χ0) is 22.2. The van der Waals surface area contributed by atoms with Gasteiger partial charge < -0.3 is 15.4 Å². The number of carbonyl (C=O) groups is 1. The summed E-state index contributed by atoms with van der Waals surface area (Å²) in [4.78, 5) is 13.5. The maximum absolute atomic E-state index is 15.0.